The summed E-state index contributed by atoms with van der Waals surface area (Å²) < 4.78 is 8.29. The number of aryl methyl sites for hydroxylation is 1. The molecule has 150 valence electrons. The van der Waals surface area contributed by atoms with E-state index < -0.39 is 11.1 Å². The van der Waals surface area contributed by atoms with Gasteiger partial charge in [0.25, 0.3) is 5.91 Å². The Morgan fingerprint density at radius 3 is 2.10 bits per heavy atom. The molecule has 1 aromatic heterocycles. The topological polar surface area (TPSA) is 73.5 Å². The van der Waals surface area contributed by atoms with Crippen molar-refractivity contribution in [3.05, 3.63) is 80.4 Å². The molecule has 0 saturated carbocycles. The minimum absolute atomic E-state index is 0.0204. The number of carbonyl (C=O) groups excluding carboxylic acids is 1. The molecule has 0 unspecified atom stereocenters. The van der Waals surface area contributed by atoms with Crippen molar-refractivity contribution in [3.63, 3.8) is 0 Å². The molecule has 2 aromatic carbocycles. The largest absolute Gasteiger partial charge is 0.378 e. The van der Waals surface area contributed by atoms with Crippen LogP contribution in [0.1, 0.15) is 22.8 Å². The second-order valence-corrected chi connectivity index (χ2v) is 7.03. The molecule has 0 spiro atoms. The Kier molecular flexibility index (Phi) is 5.31. The third kappa shape index (κ3) is 3.61. The standard InChI is InChI=1S/C22H23N3O4/c1-2-24-18-5-3-4-6-19(18)25(22(28)21(24)27)15-16-7-9-17(10-8-16)20(26)23-11-13-29-14-12-23/h3-10H,2,11-15H2,1H3. The number of hydrogen-bond donors (Lipinski definition) is 0. The van der Waals surface area contributed by atoms with Crippen molar-refractivity contribution in [1.29, 1.82) is 0 Å². The molecule has 2 heterocycles. The van der Waals surface area contributed by atoms with Gasteiger partial charge in [-0.1, -0.05) is 24.3 Å². The number of carbonyl (C=O) groups is 1. The lowest BCUT2D eigenvalue weighted by molar-refractivity contribution is 0.0303. The van der Waals surface area contributed by atoms with Gasteiger partial charge < -0.3 is 14.2 Å². The van der Waals surface area contributed by atoms with Crippen LogP contribution in [0.15, 0.2) is 58.1 Å². The number of amides is 1. The van der Waals surface area contributed by atoms with Crippen LogP contribution in [0.5, 0.6) is 0 Å². The van der Waals surface area contributed by atoms with E-state index in [1.165, 1.54) is 9.13 Å². The Morgan fingerprint density at radius 2 is 1.48 bits per heavy atom. The van der Waals surface area contributed by atoms with Crippen LogP contribution < -0.4 is 11.1 Å². The lowest BCUT2D eigenvalue weighted by atomic mass is 10.1. The second-order valence-electron chi connectivity index (χ2n) is 7.03. The molecule has 1 aliphatic rings. The molecule has 7 heteroatoms. The molecule has 1 aliphatic heterocycles. The summed E-state index contributed by atoms with van der Waals surface area (Å²) in [6.07, 6.45) is 0. The molecule has 0 radical (unpaired) electrons. The zero-order chi connectivity index (χ0) is 20.4. The molecule has 3 aromatic rings. The zero-order valence-electron chi connectivity index (χ0n) is 16.3. The van der Waals surface area contributed by atoms with Crippen molar-refractivity contribution in [1.82, 2.24) is 14.0 Å². The lowest BCUT2D eigenvalue weighted by Crippen LogP contribution is -2.41. The normalized spacial score (nSPS) is 14.3. The predicted molar refractivity (Wildman–Crippen MR) is 110 cm³/mol. The smallest absolute Gasteiger partial charge is 0.317 e. The van der Waals surface area contributed by atoms with Gasteiger partial charge in [-0.25, -0.2) is 0 Å². The molecule has 29 heavy (non-hydrogen) atoms. The van der Waals surface area contributed by atoms with Crippen LogP contribution in [0, 0.1) is 0 Å². The maximum absolute atomic E-state index is 12.7. The van der Waals surface area contributed by atoms with Crippen molar-refractivity contribution in [3.8, 4) is 0 Å². The zero-order valence-corrected chi connectivity index (χ0v) is 16.3. The molecule has 7 nitrogen and oxygen atoms in total. The molecule has 4 rings (SSSR count). The number of nitrogens with zero attached hydrogens (tertiary/aromatic N) is 3. The van der Waals surface area contributed by atoms with E-state index in [4.69, 9.17) is 4.74 Å². The van der Waals surface area contributed by atoms with Gasteiger partial charge in [0.15, 0.2) is 0 Å². The van der Waals surface area contributed by atoms with Crippen molar-refractivity contribution >= 4 is 16.9 Å². The van der Waals surface area contributed by atoms with Gasteiger partial charge in [0, 0.05) is 25.2 Å². The summed E-state index contributed by atoms with van der Waals surface area (Å²) in [5, 5.41) is 0. The van der Waals surface area contributed by atoms with Gasteiger partial charge in [-0.15, -0.1) is 0 Å². The average molecular weight is 393 g/mol. The van der Waals surface area contributed by atoms with Crippen LogP contribution in [0.25, 0.3) is 11.0 Å². The van der Waals surface area contributed by atoms with E-state index in [0.29, 0.717) is 43.9 Å². The highest BCUT2D eigenvalue weighted by molar-refractivity contribution is 5.94. The highest BCUT2D eigenvalue weighted by Crippen LogP contribution is 2.14. The van der Waals surface area contributed by atoms with E-state index in [0.717, 1.165) is 11.1 Å². The van der Waals surface area contributed by atoms with E-state index in [2.05, 4.69) is 0 Å². The highest BCUT2D eigenvalue weighted by atomic mass is 16.5. The first-order valence-electron chi connectivity index (χ1n) is 9.78. The van der Waals surface area contributed by atoms with E-state index in [9.17, 15) is 14.4 Å². The number of aromatic nitrogens is 2. The lowest BCUT2D eigenvalue weighted by Gasteiger charge is -2.26. The fourth-order valence-corrected chi connectivity index (χ4v) is 3.73. The molecule has 0 bridgehead atoms. The van der Waals surface area contributed by atoms with Crippen molar-refractivity contribution in [2.24, 2.45) is 0 Å². The summed E-state index contributed by atoms with van der Waals surface area (Å²) in [6.45, 7) is 4.86. The van der Waals surface area contributed by atoms with Crippen molar-refractivity contribution in [2.75, 3.05) is 26.3 Å². The van der Waals surface area contributed by atoms with Crippen molar-refractivity contribution in [2.45, 2.75) is 20.0 Å². The quantitative estimate of drug-likeness (QED) is 0.633. The number of morpholine rings is 1. The number of rotatable bonds is 4. The van der Waals surface area contributed by atoms with Gasteiger partial charge in [-0.2, -0.15) is 0 Å². The molecule has 0 aliphatic carbocycles. The third-order valence-corrected chi connectivity index (χ3v) is 5.29. The molecular weight excluding hydrogens is 370 g/mol. The summed E-state index contributed by atoms with van der Waals surface area (Å²) in [6, 6.07) is 14.6. The van der Waals surface area contributed by atoms with Gasteiger partial charge in [-0.05, 0) is 36.8 Å². The Balaban J connectivity index is 1.66. The van der Waals surface area contributed by atoms with Crippen LogP contribution in [-0.2, 0) is 17.8 Å². The van der Waals surface area contributed by atoms with Gasteiger partial charge >= 0.3 is 11.1 Å². The van der Waals surface area contributed by atoms with Crippen LogP contribution in [-0.4, -0.2) is 46.2 Å². The predicted octanol–water partition coefficient (Wildman–Crippen LogP) is 1.70. The molecule has 1 fully saturated rings. The first-order chi connectivity index (χ1) is 14.1. The molecule has 1 amide bonds. The fourth-order valence-electron chi connectivity index (χ4n) is 3.73. The minimum atomic E-state index is -0.543. The van der Waals surface area contributed by atoms with Crippen LogP contribution in [0.4, 0.5) is 0 Å². The maximum Gasteiger partial charge on any atom is 0.317 e. The SMILES string of the molecule is CCn1c(=O)c(=O)n(Cc2ccc(C(=O)N3CCOCC3)cc2)c2ccccc21. The van der Waals surface area contributed by atoms with Crippen LogP contribution in [0.2, 0.25) is 0 Å². The number of fused-ring (bicyclic) bond motifs is 1. The molecular formula is C22H23N3O4. The fraction of sp³-hybridized carbons (Fsp3) is 0.318. The van der Waals surface area contributed by atoms with Crippen LogP contribution in [0.3, 0.4) is 0 Å². The van der Waals surface area contributed by atoms with Gasteiger partial charge in [-0.3, -0.25) is 19.0 Å². The van der Waals surface area contributed by atoms with E-state index in [1.54, 1.807) is 17.0 Å². The Labute approximate surface area is 167 Å². The summed E-state index contributed by atoms with van der Waals surface area (Å²) in [5.74, 6) is -0.0204. The minimum Gasteiger partial charge on any atom is -0.378 e. The monoisotopic (exact) mass is 393 g/mol. The number of para-hydroxylation sites is 2. The number of hydrogen-bond acceptors (Lipinski definition) is 4. The summed E-state index contributed by atoms with van der Waals surface area (Å²) in [4.78, 5) is 39.6. The molecule has 1 saturated heterocycles. The Bertz CT molecular complexity index is 1160. The van der Waals surface area contributed by atoms with E-state index in [1.807, 2.05) is 43.3 Å². The summed E-state index contributed by atoms with van der Waals surface area (Å²) >= 11 is 0. The first kappa shape index (κ1) is 19.1. The maximum atomic E-state index is 12.7. The summed E-state index contributed by atoms with van der Waals surface area (Å²) in [5.41, 5.74) is 1.84. The van der Waals surface area contributed by atoms with Gasteiger partial charge in [0.2, 0.25) is 0 Å². The number of benzene rings is 2. The third-order valence-electron chi connectivity index (χ3n) is 5.29. The highest BCUT2D eigenvalue weighted by Gasteiger charge is 2.18. The molecule has 0 N–H and O–H groups in total. The molecule has 0 atom stereocenters. The second kappa shape index (κ2) is 8.05. The first-order valence-corrected chi connectivity index (χ1v) is 9.78. The Morgan fingerprint density at radius 1 is 0.897 bits per heavy atom. The summed E-state index contributed by atoms with van der Waals surface area (Å²) in [7, 11) is 0. The van der Waals surface area contributed by atoms with Crippen molar-refractivity contribution < 1.29 is 9.53 Å². The number of ether oxygens (including phenoxy) is 1. The van der Waals surface area contributed by atoms with Gasteiger partial charge in [0.1, 0.15) is 0 Å². The van der Waals surface area contributed by atoms with Crippen LogP contribution >= 0.6 is 0 Å². The average Bonchev–Trinajstić information content (AvgIpc) is 2.78. The van der Waals surface area contributed by atoms with Gasteiger partial charge in [0.05, 0.1) is 30.8 Å². The van der Waals surface area contributed by atoms with E-state index >= 15 is 0 Å². The Hall–Kier alpha value is -3.19. The van der Waals surface area contributed by atoms with E-state index in [-0.39, 0.29) is 12.5 Å².